The lowest BCUT2D eigenvalue weighted by Gasteiger charge is -2.42. The molecule has 2 nitrogen and oxygen atoms in total. The minimum absolute atomic E-state index is 0.648. The first-order valence-corrected chi connectivity index (χ1v) is 5.16. The van der Waals surface area contributed by atoms with E-state index in [1.54, 1.807) is 0 Å². The van der Waals surface area contributed by atoms with Gasteiger partial charge in [0.1, 0.15) is 0 Å². The molecule has 1 aliphatic carbocycles. The van der Waals surface area contributed by atoms with E-state index >= 15 is 0 Å². The summed E-state index contributed by atoms with van der Waals surface area (Å²) in [4.78, 5) is 0. The van der Waals surface area contributed by atoms with Crippen LogP contribution in [0, 0.1) is 11.3 Å². The Labute approximate surface area is 74.7 Å². The molecule has 0 radical (unpaired) electrons. The van der Waals surface area contributed by atoms with Crippen LogP contribution in [0.5, 0.6) is 0 Å². The van der Waals surface area contributed by atoms with Gasteiger partial charge < -0.3 is 10.1 Å². The third-order valence-electron chi connectivity index (χ3n) is 3.61. The van der Waals surface area contributed by atoms with Crippen LogP contribution >= 0.6 is 0 Å². The van der Waals surface area contributed by atoms with Crippen molar-refractivity contribution in [2.45, 2.75) is 26.2 Å². The van der Waals surface area contributed by atoms with E-state index in [-0.39, 0.29) is 0 Å². The topological polar surface area (TPSA) is 21.3 Å². The summed E-state index contributed by atoms with van der Waals surface area (Å²) in [5, 5.41) is 3.49. The first kappa shape index (κ1) is 8.52. The predicted octanol–water partition coefficient (Wildman–Crippen LogP) is 1.41. The van der Waals surface area contributed by atoms with E-state index in [4.69, 9.17) is 4.74 Å². The van der Waals surface area contributed by atoms with Crippen LogP contribution in [0.4, 0.5) is 0 Å². The van der Waals surface area contributed by atoms with Gasteiger partial charge in [-0.15, -0.1) is 0 Å². The predicted molar refractivity (Wildman–Crippen MR) is 49.1 cm³/mol. The molecule has 0 amide bonds. The molecule has 0 unspecified atom stereocenters. The maximum absolute atomic E-state index is 5.51. The van der Waals surface area contributed by atoms with Crippen LogP contribution in [-0.2, 0) is 4.74 Å². The Balaban J connectivity index is 1.86. The zero-order chi connectivity index (χ0) is 8.44. The summed E-state index contributed by atoms with van der Waals surface area (Å²) in [5.74, 6) is 0.797. The van der Waals surface area contributed by atoms with Gasteiger partial charge in [-0.05, 0) is 25.2 Å². The van der Waals surface area contributed by atoms with Crippen molar-refractivity contribution >= 4 is 0 Å². The molecule has 2 rings (SSSR count). The highest BCUT2D eigenvalue weighted by atomic mass is 16.5. The van der Waals surface area contributed by atoms with Crippen LogP contribution in [0.25, 0.3) is 0 Å². The second-order valence-corrected chi connectivity index (χ2v) is 4.20. The third kappa shape index (κ3) is 1.27. The first-order valence-electron chi connectivity index (χ1n) is 5.16. The fourth-order valence-electron chi connectivity index (χ4n) is 2.57. The van der Waals surface area contributed by atoms with Crippen molar-refractivity contribution in [3.8, 4) is 0 Å². The number of rotatable bonds is 3. The highest BCUT2D eigenvalue weighted by Crippen LogP contribution is 2.48. The number of hydrogen-bond donors (Lipinski definition) is 1. The molecule has 2 fully saturated rings. The molecule has 1 spiro atoms. The van der Waals surface area contributed by atoms with E-state index in [0.29, 0.717) is 5.41 Å². The molecule has 1 heterocycles. The Kier molecular flexibility index (Phi) is 2.37. The molecule has 2 heteroatoms. The smallest absolute Gasteiger partial charge is 0.0512 e. The van der Waals surface area contributed by atoms with E-state index < -0.39 is 0 Å². The largest absolute Gasteiger partial charge is 0.381 e. The Bertz CT molecular complexity index is 154. The summed E-state index contributed by atoms with van der Waals surface area (Å²) in [6.45, 7) is 6.34. The van der Waals surface area contributed by atoms with Crippen molar-refractivity contribution in [2.75, 3.05) is 26.3 Å². The lowest BCUT2D eigenvalue weighted by molar-refractivity contribution is 0.0230. The fourth-order valence-corrected chi connectivity index (χ4v) is 2.57. The molecule has 12 heavy (non-hydrogen) atoms. The van der Waals surface area contributed by atoms with Gasteiger partial charge in [0.25, 0.3) is 0 Å². The van der Waals surface area contributed by atoms with E-state index in [9.17, 15) is 0 Å². The van der Waals surface area contributed by atoms with Gasteiger partial charge in [-0.2, -0.15) is 0 Å². The molecule has 1 aliphatic heterocycles. The number of ether oxygens (including phenoxy) is 1. The molecule has 1 saturated carbocycles. The lowest BCUT2D eigenvalue weighted by atomic mass is 9.63. The summed E-state index contributed by atoms with van der Waals surface area (Å²) in [5.41, 5.74) is 0.648. The molecule has 0 aromatic rings. The van der Waals surface area contributed by atoms with Gasteiger partial charge in [0, 0.05) is 25.6 Å². The highest BCUT2D eigenvalue weighted by Gasteiger charge is 2.46. The standard InChI is InChI=1S/C10H19NO/c1-2-12-7-9-6-11-8-10(9)4-3-5-10/h9,11H,2-8H2,1H3/t9-/m0/s1. The van der Waals surface area contributed by atoms with Gasteiger partial charge >= 0.3 is 0 Å². The van der Waals surface area contributed by atoms with Crippen LogP contribution in [0.3, 0.4) is 0 Å². The number of hydrogen-bond acceptors (Lipinski definition) is 2. The van der Waals surface area contributed by atoms with E-state index in [1.807, 2.05) is 0 Å². The van der Waals surface area contributed by atoms with E-state index in [1.165, 1.54) is 32.4 Å². The van der Waals surface area contributed by atoms with Gasteiger partial charge in [-0.1, -0.05) is 6.42 Å². The fraction of sp³-hybridized carbons (Fsp3) is 1.00. The Hall–Kier alpha value is -0.0800. The second kappa shape index (κ2) is 3.35. The molecule has 1 atom stereocenters. The summed E-state index contributed by atoms with van der Waals surface area (Å²) in [7, 11) is 0. The maximum atomic E-state index is 5.51. The minimum atomic E-state index is 0.648. The molecule has 0 bridgehead atoms. The third-order valence-corrected chi connectivity index (χ3v) is 3.61. The van der Waals surface area contributed by atoms with Gasteiger partial charge in [0.2, 0.25) is 0 Å². The molecular weight excluding hydrogens is 150 g/mol. The minimum Gasteiger partial charge on any atom is -0.381 e. The Morgan fingerprint density at radius 1 is 1.50 bits per heavy atom. The van der Waals surface area contributed by atoms with Crippen molar-refractivity contribution in [3.05, 3.63) is 0 Å². The van der Waals surface area contributed by atoms with Gasteiger partial charge in [-0.3, -0.25) is 0 Å². The highest BCUT2D eigenvalue weighted by molar-refractivity contribution is 5.00. The van der Waals surface area contributed by atoms with Crippen LogP contribution in [0.1, 0.15) is 26.2 Å². The van der Waals surface area contributed by atoms with Gasteiger partial charge in [-0.25, -0.2) is 0 Å². The Morgan fingerprint density at radius 3 is 2.92 bits per heavy atom. The SMILES string of the molecule is CCOC[C@@H]1CNCC12CCC2. The van der Waals surface area contributed by atoms with Gasteiger partial charge in [0.15, 0.2) is 0 Å². The molecule has 70 valence electrons. The quantitative estimate of drug-likeness (QED) is 0.689. The molecule has 0 aromatic heterocycles. The maximum Gasteiger partial charge on any atom is 0.0512 e. The summed E-state index contributed by atoms with van der Waals surface area (Å²) < 4.78 is 5.51. The van der Waals surface area contributed by atoms with Crippen molar-refractivity contribution < 1.29 is 4.74 Å². The van der Waals surface area contributed by atoms with Crippen LogP contribution in [0.2, 0.25) is 0 Å². The average Bonchev–Trinajstić information content (AvgIpc) is 2.42. The van der Waals surface area contributed by atoms with E-state index in [2.05, 4.69) is 12.2 Å². The zero-order valence-electron chi connectivity index (χ0n) is 7.94. The van der Waals surface area contributed by atoms with Crippen molar-refractivity contribution in [2.24, 2.45) is 11.3 Å². The normalized spacial score (nSPS) is 32.2. The van der Waals surface area contributed by atoms with Crippen molar-refractivity contribution in [1.82, 2.24) is 5.32 Å². The van der Waals surface area contributed by atoms with Crippen LogP contribution < -0.4 is 5.32 Å². The average molecular weight is 169 g/mol. The number of nitrogens with one attached hydrogen (secondary N) is 1. The zero-order valence-corrected chi connectivity index (χ0v) is 7.94. The lowest BCUT2D eigenvalue weighted by Crippen LogP contribution is -2.39. The monoisotopic (exact) mass is 169 g/mol. The Morgan fingerprint density at radius 2 is 2.33 bits per heavy atom. The first-order chi connectivity index (χ1) is 5.87. The van der Waals surface area contributed by atoms with Crippen LogP contribution in [0.15, 0.2) is 0 Å². The van der Waals surface area contributed by atoms with E-state index in [0.717, 1.165) is 19.1 Å². The summed E-state index contributed by atoms with van der Waals surface area (Å²) in [6.07, 6.45) is 4.29. The molecule has 1 saturated heterocycles. The van der Waals surface area contributed by atoms with Crippen LogP contribution in [-0.4, -0.2) is 26.3 Å². The summed E-state index contributed by atoms with van der Waals surface area (Å²) >= 11 is 0. The van der Waals surface area contributed by atoms with Crippen molar-refractivity contribution in [3.63, 3.8) is 0 Å². The second-order valence-electron chi connectivity index (χ2n) is 4.20. The van der Waals surface area contributed by atoms with Gasteiger partial charge in [0.05, 0.1) is 6.61 Å². The molecule has 1 N–H and O–H groups in total. The van der Waals surface area contributed by atoms with Crippen molar-refractivity contribution in [1.29, 1.82) is 0 Å². The molecular formula is C10H19NO. The molecule has 2 aliphatic rings. The molecule has 0 aromatic carbocycles. The summed E-state index contributed by atoms with van der Waals surface area (Å²) in [6, 6.07) is 0.